The predicted molar refractivity (Wildman–Crippen MR) is 74.5 cm³/mol. The molecule has 0 radical (unpaired) electrons. The van der Waals surface area contributed by atoms with Gasteiger partial charge in [0.25, 0.3) is 11.6 Å². The number of hydrogen-bond acceptors (Lipinski definition) is 3. The molecular weight excluding hydrogens is 268 g/mol. The zero-order chi connectivity index (χ0) is 14.4. The van der Waals surface area contributed by atoms with Crippen LogP contribution in [0.2, 0.25) is 5.02 Å². The van der Waals surface area contributed by atoms with E-state index in [0.29, 0.717) is 12.5 Å². The van der Waals surface area contributed by atoms with Gasteiger partial charge in [0, 0.05) is 18.7 Å². The SMILES string of the molecule is CC(C)CCCNC(=O)c1ccc([N+](=O)[O-])cc1Cl. The van der Waals surface area contributed by atoms with E-state index in [2.05, 4.69) is 19.2 Å². The van der Waals surface area contributed by atoms with Gasteiger partial charge in [-0.2, -0.15) is 0 Å². The van der Waals surface area contributed by atoms with Gasteiger partial charge in [0.05, 0.1) is 15.5 Å². The summed E-state index contributed by atoms with van der Waals surface area (Å²) in [5.41, 5.74) is 0.137. The number of amides is 1. The Balaban J connectivity index is 2.60. The normalized spacial score (nSPS) is 10.5. The average Bonchev–Trinajstić information content (AvgIpc) is 2.33. The molecule has 1 amide bonds. The second kappa shape index (κ2) is 7.09. The third kappa shape index (κ3) is 4.87. The molecule has 0 saturated carbocycles. The monoisotopic (exact) mass is 284 g/mol. The van der Waals surface area contributed by atoms with Crippen LogP contribution in [0.4, 0.5) is 5.69 Å². The molecule has 6 heteroatoms. The zero-order valence-corrected chi connectivity index (χ0v) is 11.7. The Bertz CT molecular complexity index is 475. The number of nitrogens with zero attached hydrogens (tertiary/aromatic N) is 1. The number of nitro groups is 1. The van der Waals surface area contributed by atoms with Crippen molar-refractivity contribution in [3.05, 3.63) is 38.9 Å². The van der Waals surface area contributed by atoms with Crippen molar-refractivity contribution < 1.29 is 9.72 Å². The number of carbonyl (C=O) groups is 1. The van der Waals surface area contributed by atoms with Gasteiger partial charge in [0.2, 0.25) is 0 Å². The van der Waals surface area contributed by atoms with Crippen molar-refractivity contribution in [2.45, 2.75) is 26.7 Å². The van der Waals surface area contributed by atoms with Gasteiger partial charge in [0.15, 0.2) is 0 Å². The summed E-state index contributed by atoms with van der Waals surface area (Å²) in [6, 6.07) is 3.83. The first-order valence-corrected chi connectivity index (χ1v) is 6.51. The van der Waals surface area contributed by atoms with Crippen LogP contribution in [0.25, 0.3) is 0 Å². The smallest absolute Gasteiger partial charge is 0.270 e. The Morgan fingerprint density at radius 3 is 2.68 bits per heavy atom. The highest BCUT2D eigenvalue weighted by atomic mass is 35.5. The molecule has 0 atom stereocenters. The Morgan fingerprint density at radius 2 is 2.16 bits per heavy atom. The Labute approximate surface area is 117 Å². The summed E-state index contributed by atoms with van der Waals surface area (Å²) in [5.74, 6) is 0.295. The average molecular weight is 285 g/mol. The van der Waals surface area contributed by atoms with Gasteiger partial charge < -0.3 is 5.32 Å². The van der Waals surface area contributed by atoms with Crippen LogP contribution in [-0.2, 0) is 0 Å². The van der Waals surface area contributed by atoms with Crippen molar-refractivity contribution in [3.63, 3.8) is 0 Å². The van der Waals surface area contributed by atoms with E-state index in [1.807, 2.05) is 0 Å². The highest BCUT2D eigenvalue weighted by molar-refractivity contribution is 6.34. The molecule has 1 N–H and O–H groups in total. The predicted octanol–water partition coefficient (Wildman–Crippen LogP) is 3.41. The fraction of sp³-hybridized carbons (Fsp3) is 0.462. The zero-order valence-electron chi connectivity index (χ0n) is 11.0. The highest BCUT2D eigenvalue weighted by Gasteiger charge is 2.14. The van der Waals surface area contributed by atoms with Crippen LogP contribution >= 0.6 is 11.6 Å². The molecule has 0 aliphatic carbocycles. The molecule has 0 saturated heterocycles. The summed E-state index contributed by atoms with van der Waals surface area (Å²) >= 11 is 5.87. The van der Waals surface area contributed by atoms with E-state index in [0.717, 1.165) is 12.8 Å². The van der Waals surface area contributed by atoms with Crippen LogP contribution in [0, 0.1) is 16.0 Å². The largest absolute Gasteiger partial charge is 0.352 e. The molecule has 0 aliphatic heterocycles. The topological polar surface area (TPSA) is 72.2 Å². The Morgan fingerprint density at radius 1 is 1.47 bits per heavy atom. The number of rotatable bonds is 6. The van der Waals surface area contributed by atoms with Crippen molar-refractivity contribution in [2.75, 3.05) is 6.54 Å². The van der Waals surface area contributed by atoms with Crippen LogP contribution in [0.5, 0.6) is 0 Å². The minimum atomic E-state index is -0.545. The van der Waals surface area contributed by atoms with E-state index in [4.69, 9.17) is 11.6 Å². The number of halogens is 1. The van der Waals surface area contributed by atoms with Crippen molar-refractivity contribution in [1.29, 1.82) is 0 Å². The maximum atomic E-state index is 11.8. The quantitative estimate of drug-likeness (QED) is 0.494. The van der Waals surface area contributed by atoms with Crippen molar-refractivity contribution in [1.82, 2.24) is 5.32 Å². The molecule has 1 aromatic rings. The number of nitrogens with one attached hydrogen (secondary N) is 1. The van der Waals surface area contributed by atoms with Gasteiger partial charge >= 0.3 is 0 Å². The minimum Gasteiger partial charge on any atom is -0.352 e. The standard InChI is InChI=1S/C13H17ClN2O3/c1-9(2)4-3-7-15-13(17)11-6-5-10(16(18)19)8-12(11)14/h5-6,8-9H,3-4,7H2,1-2H3,(H,15,17). The summed E-state index contributed by atoms with van der Waals surface area (Å²) in [4.78, 5) is 21.8. The molecule has 0 bridgehead atoms. The molecule has 1 rings (SSSR count). The van der Waals surface area contributed by atoms with Gasteiger partial charge in [-0.05, 0) is 24.8 Å². The lowest BCUT2D eigenvalue weighted by Gasteiger charge is -2.08. The summed E-state index contributed by atoms with van der Waals surface area (Å²) in [6.45, 7) is 4.81. The third-order valence-corrected chi connectivity index (χ3v) is 2.96. The van der Waals surface area contributed by atoms with E-state index >= 15 is 0 Å². The summed E-state index contributed by atoms with van der Waals surface area (Å²) in [7, 11) is 0. The molecule has 0 aromatic heterocycles. The van der Waals surface area contributed by atoms with Gasteiger partial charge in [-0.1, -0.05) is 25.4 Å². The first kappa shape index (κ1) is 15.4. The van der Waals surface area contributed by atoms with Crippen LogP contribution in [0.15, 0.2) is 18.2 Å². The van der Waals surface area contributed by atoms with Crippen molar-refractivity contribution in [2.24, 2.45) is 5.92 Å². The molecule has 0 heterocycles. The lowest BCUT2D eigenvalue weighted by atomic mass is 10.1. The Hall–Kier alpha value is -1.62. The molecule has 0 fully saturated rings. The van der Waals surface area contributed by atoms with Crippen LogP contribution in [0.3, 0.4) is 0 Å². The molecule has 104 valence electrons. The number of carbonyl (C=O) groups excluding carboxylic acids is 1. The molecule has 0 unspecified atom stereocenters. The lowest BCUT2D eigenvalue weighted by molar-refractivity contribution is -0.384. The van der Waals surface area contributed by atoms with Crippen molar-refractivity contribution >= 4 is 23.2 Å². The summed E-state index contributed by atoms with van der Waals surface area (Å²) in [5, 5.41) is 13.4. The van der Waals surface area contributed by atoms with Crippen LogP contribution < -0.4 is 5.32 Å². The maximum Gasteiger partial charge on any atom is 0.270 e. The number of non-ortho nitro benzene ring substituents is 1. The van der Waals surface area contributed by atoms with Crippen LogP contribution in [-0.4, -0.2) is 17.4 Å². The maximum absolute atomic E-state index is 11.8. The molecular formula is C13H17ClN2O3. The van der Waals surface area contributed by atoms with Crippen LogP contribution in [0.1, 0.15) is 37.0 Å². The van der Waals surface area contributed by atoms with E-state index in [9.17, 15) is 14.9 Å². The van der Waals surface area contributed by atoms with Gasteiger partial charge in [-0.15, -0.1) is 0 Å². The van der Waals surface area contributed by atoms with E-state index in [1.165, 1.54) is 18.2 Å². The number of benzene rings is 1. The van der Waals surface area contributed by atoms with Crippen molar-refractivity contribution in [3.8, 4) is 0 Å². The van der Waals surface area contributed by atoms with E-state index in [-0.39, 0.29) is 22.2 Å². The summed E-state index contributed by atoms with van der Waals surface area (Å²) in [6.07, 6.45) is 1.93. The highest BCUT2D eigenvalue weighted by Crippen LogP contribution is 2.22. The van der Waals surface area contributed by atoms with E-state index in [1.54, 1.807) is 0 Å². The van der Waals surface area contributed by atoms with E-state index < -0.39 is 4.92 Å². The molecule has 5 nitrogen and oxygen atoms in total. The molecule has 19 heavy (non-hydrogen) atoms. The molecule has 1 aromatic carbocycles. The third-order valence-electron chi connectivity index (χ3n) is 2.65. The fourth-order valence-electron chi connectivity index (χ4n) is 1.61. The molecule has 0 aliphatic rings. The minimum absolute atomic E-state index is 0.0931. The van der Waals surface area contributed by atoms with Gasteiger partial charge in [-0.3, -0.25) is 14.9 Å². The first-order chi connectivity index (χ1) is 8.91. The Kier molecular flexibility index (Phi) is 5.76. The van der Waals surface area contributed by atoms with Gasteiger partial charge in [0.1, 0.15) is 0 Å². The number of hydrogen-bond donors (Lipinski definition) is 1. The fourth-order valence-corrected chi connectivity index (χ4v) is 1.87. The second-order valence-corrected chi connectivity index (χ2v) is 5.12. The molecule has 0 spiro atoms. The summed E-state index contributed by atoms with van der Waals surface area (Å²) < 4.78 is 0. The van der Waals surface area contributed by atoms with Gasteiger partial charge in [-0.25, -0.2) is 0 Å². The first-order valence-electron chi connectivity index (χ1n) is 6.14. The lowest BCUT2D eigenvalue weighted by Crippen LogP contribution is -2.25. The second-order valence-electron chi connectivity index (χ2n) is 4.71. The number of nitro benzene ring substituents is 1.